The Balaban J connectivity index is 1.95. The van der Waals surface area contributed by atoms with E-state index < -0.39 is 10.0 Å². The summed E-state index contributed by atoms with van der Waals surface area (Å²) in [6.07, 6.45) is 2.61. The van der Waals surface area contributed by atoms with Gasteiger partial charge in [0.25, 0.3) is 0 Å². The third-order valence-electron chi connectivity index (χ3n) is 4.22. The van der Waals surface area contributed by atoms with Crippen LogP contribution in [0.2, 0.25) is 5.02 Å². The van der Waals surface area contributed by atoms with Crippen molar-refractivity contribution in [3.8, 4) is 0 Å². The maximum atomic E-state index is 12.7. The van der Waals surface area contributed by atoms with Crippen LogP contribution in [0.1, 0.15) is 35.6 Å². The quantitative estimate of drug-likeness (QED) is 0.831. The van der Waals surface area contributed by atoms with Gasteiger partial charge in [-0.1, -0.05) is 29.8 Å². The highest BCUT2D eigenvalue weighted by Crippen LogP contribution is 2.33. The lowest BCUT2D eigenvalue weighted by Gasteiger charge is -2.26. The van der Waals surface area contributed by atoms with Crippen molar-refractivity contribution in [3.63, 3.8) is 0 Å². The number of nitrogens with two attached hydrogens (primary N) is 1. The molecule has 0 radical (unpaired) electrons. The van der Waals surface area contributed by atoms with Gasteiger partial charge in [-0.15, -0.1) is 0 Å². The summed E-state index contributed by atoms with van der Waals surface area (Å²) < 4.78 is 28.3. The van der Waals surface area contributed by atoms with Crippen molar-refractivity contribution in [2.45, 2.75) is 37.1 Å². The van der Waals surface area contributed by atoms with Crippen LogP contribution in [0.3, 0.4) is 0 Å². The van der Waals surface area contributed by atoms with Crippen LogP contribution >= 0.6 is 11.6 Å². The Labute approximate surface area is 141 Å². The standard InChI is InChI=1S/C17H19ClN2O2S/c1-11-4-2-7-16(17(11)18)23(21,22)20-15-6-3-5-12-10-13(19)8-9-14(12)15/h2,4,7-10,15,20H,3,5-6,19H2,1H3. The lowest BCUT2D eigenvalue weighted by Crippen LogP contribution is -2.31. The van der Waals surface area contributed by atoms with Gasteiger partial charge in [0, 0.05) is 11.7 Å². The zero-order valence-electron chi connectivity index (χ0n) is 12.8. The van der Waals surface area contributed by atoms with E-state index in [1.165, 1.54) is 6.07 Å². The molecule has 0 aliphatic heterocycles. The van der Waals surface area contributed by atoms with Crippen LogP contribution in [0.4, 0.5) is 5.69 Å². The van der Waals surface area contributed by atoms with Gasteiger partial charge < -0.3 is 5.73 Å². The molecule has 3 N–H and O–H groups in total. The molecule has 0 heterocycles. The fourth-order valence-electron chi connectivity index (χ4n) is 3.04. The SMILES string of the molecule is Cc1cccc(S(=O)(=O)NC2CCCc3cc(N)ccc32)c1Cl. The molecular weight excluding hydrogens is 332 g/mol. The van der Waals surface area contributed by atoms with Crippen molar-refractivity contribution in [1.29, 1.82) is 0 Å². The minimum absolute atomic E-state index is 0.127. The topological polar surface area (TPSA) is 72.2 Å². The molecule has 122 valence electrons. The molecule has 2 aromatic carbocycles. The molecule has 4 nitrogen and oxygen atoms in total. The van der Waals surface area contributed by atoms with Crippen molar-refractivity contribution >= 4 is 27.3 Å². The molecular formula is C17H19ClN2O2S. The molecule has 23 heavy (non-hydrogen) atoms. The maximum absolute atomic E-state index is 12.7. The Kier molecular flexibility index (Phi) is 4.36. The van der Waals surface area contributed by atoms with Crippen LogP contribution in [0.5, 0.6) is 0 Å². The molecule has 6 heteroatoms. The number of fused-ring (bicyclic) bond motifs is 1. The smallest absolute Gasteiger partial charge is 0.242 e. The Morgan fingerprint density at radius 2 is 2.04 bits per heavy atom. The van der Waals surface area contributed by atoms with Crippen LogP contribution in [-0.4, -0.2) is 8.42 Å². The van der Waals surface area contributed by atoms with Crippen molar-refractivity contribution in [2.24, 2.45) is 0 Å². The molecule has 1 atom stereocenters. The van der Waals surface area contributed by atoms with Crippen molar-refractivity contribution in [2.75, 3.05) is 5.73 Å². The molecule has 0 saturated heterocycles. The second-order valence-electron chi connectivity index (χ2n) is 5.91. The number of hydrogen-bond acceptors (Lipinski definition) is 3. The lowest BCUT2D eigenvalue weighted by atomic mass is 9.88. The number of halogens is 1. The Morgan fingerprint density at radius 3 is 2.83 bits per heavy atom. The number of nitrogens with one attached hydrogen (secondary N) is 1. The van der Waals surface area contributed by atoms with E-state index >= 15 is 0 Å². The number of rotatable bonds is 3. The van der Waals surface area contributed by atoms with Crippen LogP contribution < -0.4 is 10.5 Å². The molecule has 0 saturated carbocycles. The van der Waals surface area contributed by atoms with Gasteiger partial charge in [0.05, 0.1) is 5.02 Å². The van der Waals surface area contributed by atoms with Gasteiger partial charge in [0.15, 0.2) is 0 Å². The van der Waals surface area contributed by atoms with Gasteiger partial charge in [0.2, 0.25) is 10.0 Å². The van der Waals surface area contributed by atoms with Crippen LogP contribution in [0.15, 0.2) is 41.3 Å². The van der Waals surface area contributed by atoms with Gasteiger partial charge in [0.1, 0.15) is 4.90 Å². The monoisotopic (exact) mass is 350 g/mol. The predicted molar refractivity (Wildman–Crippen MR) is 93.0 cm³/mol. The summed E-state index contributed by atoms with van der Waals surface area (Å²) in [5, 5.41) is 0.272. The van der Waals surface area contributed by atoms with Gasteiger partial charge in [-0.2, -0.15) is 0 Å². The summed E-state index contributed by atoms with van der Waals surface area (Å²) >= 11 is 6.18. The Morgan fingerprint density at radius 1 is 1.26 bits per heavy atom. The molecule has 1 aliphatic rings. The fourth-order valence-corrected chi connectivity index (χ4v) is 4.87. The number of anilines is 1. The van der Waals surface area contributed by atoms with Crippen molar-refractivity contribution in [3.05, 3.63) is 58.1 Å². The number of aryl methyl sites for hydroxylation is 2. The third kappa shape index (κ3) is 3.22. The molecule has 1 unspecified atom stereocenters. The summed E-state index contributed by atoms with van der Waals surface area (Å²) in [6, 6.07) is 10.4. The first-order chi connectivity index (χ1) is 10.9. The second kappa shape index (κ2) is 6.15. The van der Waals surface area contributed by atoms with Gasteiger partial charge in [-0.3, -0.25) is 0 Å². The summed E-state index contributed by atoms with van der Waals surface area (Å²) in [6.45, 7) is 1.79. The molecule has 1 aliphatic carbocycles. The highest BCUT2D eigenvalue weighted by Gasteiger charge is 2.27. The van der Waals surface area contributed by atoms with Crippen LogP contribution in [-0.2, 0) is 16.4 Å². The summed E-state index contributed by atoms with van der Waals surface area (Å²) in [4.78, 5) is 0.127. The summed E-state index contributed by atoms with van der Waals surface area (Å²) in [7, 11) is -3.68. The number of benzene rings is 2. The molecule has 0 aromatic heterocycles. The van der Waals surface area contributed by atoms with E-state index in [9.17, 15) is 8.42 Å². The molecule has 3 rings (SSSR count). The average molecular weight is 351 g/mol. The van der Waals surface area contributed by atoms with E-state index in [1.54, 1.807) is 19.1 Å². The van der Waals surface area contributed by atoms with E-state index in [1.807, 2.05) is 18.2 Å². The first-order valence-corrected chi connectivity index (χ1v) is 9.40. The number of hydrogen-bond donors (Lipinski definition) is 2. The second-order valence-corrected chi connectivity index (χ2v) is 7.97. The molecule has 0 amide bonds. The molecule has 0 fully saturated rings. The van der Waals surface area contributed by atoms with E-state index in [-0.39, 0.29) is 16.0 Å². The summed E-state index contributed by atoms with van der Waals surface area (Å²) in [5.41, 5.74) is 9.38. The summed E-state index contributed by atoms with van der Waals surface area (Å²) in [5.74, 6) is 0. The largest absolute Gasteiger partial charge is 0.399 e. The predicted octanol–water partition coefficient (Wildman–Crippen LogP) is 3.59. The van der Waals surface area contributed by atoms with E-state index in [4.69, 9.17) is 17.3 Å². The normalized spacial score (nSPS) is 17.7. The van der Waals surface area contributed by atoms with Gasteiger partial charge >= 0.3 is 0 Å². The zero-order chi connectivity index (χ0) is 16.6. The Hall–Kier alpha value is -1.56. The fraction of sp³-hybridized carbons (Fsp3) is 0.294. The lowest BCUT2D eigenvalue weighted by molar-refractivity contribution is 0.507. The number of nitrogen functional groups attached to an aromatic ring is 1. The minimum Gasteiger partial charge on any atom is -0.399 e. The third-order valence-corrected chi connectivity index (χ3v) is 6.35. The first kappa shape index (κ1) is 16.3. The Bertz CT molecular complexity index is 850. The molecule has 2 aromatic rings. The highest BCUT2D eigenvalue weighted by molar-refractivity contribution is 7.89. The van der Waals surface area contributed by atoms with Crippen molar-refractivity contribution < 1.29 is 8.42 Å². The maximum Gasteiger partial charge on any atom is 0.242 e. The highest BCUT2D eigenvalue weighted by atomic mass is 35.5. The first-order valence-electron chi connectivity index (χ1n) is 7.54. The van der Waals surface area contributed by atoms with E-state index in [2.05, 4.69) is 4.72 Å². The molecule has 0 spiro atoms. The van der Waals surface area contributed by atoms with Crippen LogP contribution in [0.25, 0.3) is 0 Å². The average Bonchev–Trinajstić information content (AvgIpc) is 2.49. The van der Waals surface area contributed by atoms with Crippen LogP contribution in [0, 0.1) is 6.92 Å². The zero-order valence-corrected chi connectivity index (χ0v) is 14.4. The molecule has 0 bridgehead atoms. The number of sulfonamides is 1. The minimum atomic E-state index is -3.68. The van der Waals surface area contributed by atoms with E-state index in [0.29, 0.717) is 5.69 Å². The van der Waals surface area contributed by atoms with Gasteiger partial charge in [-0.25, -0.2) is 13.1 Å². The van der Waals surface area contributed by atoms with Crippen molar-refractivity contribution in [1.82, 2.24) is 4.72 Å². The van der Waals surface area contributed by atoms with E-state index in [0.717, 1.165) is 36.0 Å². The van der Waals surface area contributed by atoms with Gasteiger partial charge in [-0.05, 0) is 61.1 Å².